The van der Waals surface area contributed by atoms with Crippen molar-refractivity contribution in [2.45, 2.75) is 26.8 Å². The Labute approximate surface area is 126 Å². The van der Waals surface area contributed by atoms with Crippen molar-refractivity contribution >= 4 is 27.5 Å². The molecule has 20 heavy (non-hydrogen) atoms. The van der Waals surface area contributed by atoms with E-state index in [1.807, 2.05) is 24.6 Å². The van der Waals surface area contributed by atoms with E-state index < -0.39 is 0 Å². The molecule has 1 aromatic heterocycles. The first kappa shape index (κ1) is 14.7. The number of carbonyl (C=O) groups excluding carboxylic acids is 1. The number of amides is 1. The summed E-state index contributed by atoms with van der Waals surface area (Å²) in [5, 5.41) is 12.5. The zero-order valence-corrected chi connectivity index (χ0v) is 13.2. The van der Waals surface area contributed by atoms with Crippen molar-refractivity contribution in [1.82, 2.24) is 4.57 Å². The second kappa shape index (κ2) is 5.71. The third-order valence-electron chi connectivity index (χ3n) is 3.16. The highest BCUT2D eigenvalue weighted by molar-refractivity contribution is 9.10. The molecule has 0 saturated carbocycles. The predicted molar refractivity (Wildman–Crippen MR) is 83.3 cm³/mol. The number of phenolic OH excluding ortho intramolecular Hbond substituents is 1. The summed E-state index contributed by atoms with van der Waals surface area (Å²) in [4.78, 5) is 12.4. The molecule has 2 aromatic rings. The minimum absolute atomic E-state index is 0.170. The second-order valence-electron chi connectivity index (χ2n) is 4.95. The van der Waals surface area contributed by atoms with Gasteiger partial charge in [0.05, 0.1) is 0 Å². The van der Waals surface area contributed by atoms with Gasteiger partial charge in [-0.05, 0) is 54.9 Å². The predicted octanol–water partition coefficient (Wildman–Crippen LogP) is 4.10. The van der Waals surface area contributed by atoms with Gasteiger partial charge in [0.2, 0.25) is 0 Å². The topological polar surface area (TPSA) is 54.3 Å². The lowest BCUT2D eigenvalue weighted by molar-refractivity contribution is 0.101. The summed E-state index contributed by atoms with van der Waals surface area (Å²) in [5.74, 6) is -0.0266. The molecule has 2 N–H and O–H groups in total. The molecule has 4 nitrogen and oxygen atoms in total. The van der Waals surface area contributed by atoms with Gasteiger partial charge in [0.1, 0.15) is 11.4 Å². The standard InChI is InChI=1S/C15H17BrN2O2/c1-9(2)18-8-11(16)7-13(18)15(20)17-12-5-4-6-14(19)10(12)3/h4-9,19H,1-3H3,(H,17,20). The summed E-state index contributed by atoms with van der Waals surface area (Å²) in [5.41, 5.74) is 1.85. The Morgan fingerprint density at radius 2 is 2.10 bits per heavy atom. The quantitative estimate of drug-likeness (QED) is 0.886. The molecular weight excluding hydrogens is 320 g/mol. The van der Waals surface area contributed by atoms with E-state index in [1.165, 1.54) is 0 Å². The van der Waals surface area contributed by atoms with Gasteiger partial charge in [-0.3, -0.25) is 4.79 Å². The van der Waals surface area contributed by atoms with Gasteiger partial charge < -0.3 is 15.0 Å². The van der Waals surface area contributed by atoms with Gasteiger partial charge in [0, 0.05) is 28.0 Å². The fourth-order valence-electron chi connectivity index (χ4n) is 2.00. The summed E-state index contributed by atoms with van der Waals surface area (Å²) >= 11 is 3.39. The minimum Gasteiger partial charge on any atom is -0.508 e. The number of aromatic nitrogens is 1. The van der Waals surface area contributed by atoms with E-state index in [4.69, 9.17) is 0 Å². The normalized spacial score (nSPS) is 10.8. The maximum absolute atomic E-state index is 12.4. The summed E-state index contributed by atoms with van der Waals surface area (Å²) < 4.78 is 2.77. The van der Waals surface area contributed by atoms with Gasteiger partial charge in [-0.2, -0.15) is 0 Å². The zero-order chi connectivity index (χ0) is 14.9. The molecule has 106 valence electrons. The molecule has 0 aliphatic rings. The van der Waals surface area contributed by atoms with Crippen LogP contribution in [0.5, 0.6) is 5.75 Å². The molecule has 0 bridgehead atoms. The molecule has 0 aliphatic carbocycles. The summed E-state index contributed by atoms with van der Waals surface area (Å²) in [7, 11) is 0. The minimum atomic E-state index is -0.196. The van der Waals surface area contributed by atoms with Crippen LogP contribution in [-0.4, -0.2) is 15.6 Å². The first-order chi connectivity index (χ1) is 9.40. The van der Waals surface area contributed by atoms with Crippen molar-refractivity contribution in [1.29, 1.82) is 0 Å². The van der Waals surface area contributed by atoms with Crippen LogP contribution in [0.3, 0.4) is 0 Å². The Hall–Kier alpha value is -1.75. The Kier molecular flexibility index (Phi) is 4.18. The average Bonchev–Trinajstić information content (AvgIpc) is 2.77. The maximum Gasteiger partial charge on any atom is 0.272 e. The van der Waals surface area contributed by atoms with Crippen LogP contribution in [-0.2, 0) is 0 Å². The molecule has 0 unspecified atom stereocenters. The molecule has 0 spiro atoms. The van der Waals surface area contributed by atoms with E-state index in [9.17, 15) is 9.90 Å². The molecule has 1 aromatic carbocycles. The molecule has 1 heterocycles. The van der Waals surface area contributed by atoms with Gasteiger partial charge in [0.15, 0.2) is 0 Å². The molecule has 0 radical (unpaired) electrons. The number of rotatable bonds is 3. The van der Waals surface area contributed by atoms with Gasteiger partial charge >= 0.3 is 0 Å². The fourth-order valence-corrected chi connectivity index (χ4v) is 2.44. The molecular formula is C15H17BrN2O2. The van der Waals surface area contributed by atoms with Gasteiger partial charge in [-0.15, -0.1) is 0 Å². The molecule has 0 saturated heterocycles. The van der Waals surface area contributed by atoms with Gasteiger partial charge in [-0.1, -0.05) is 6.07 Å². The van der Waals surface area contributed by atoms with Crippen molar-refractivity contribution < 1.29 is 9.90 Å². The number of hydrogen-bond acceptors (Lipinski definition) is 2. The third-order valence-corrected chi connectivity index (χ3v) is 3.59. The SMILES string of the molecule is Cc1c(O)cccc1NC(=O)c1cc(Br)cn1C(C)C. The highest BCUT2D eigenvalue weighted by Crippen LogP contribution is 2.25. The van der Waals surface area contributed by atoms with Gasteiger partial charge in [0.25, 0.3) is 5.91 Å². The smallest absolute Gasteiger partial charge is 0.272 e. The molecule has 0 fully saturated rings. The van der Waals surface area contributed by atoms with E-state index in [0.29, 0.717) is 16.9 Å². The highest BCUT2D eigenvalue weighted by atomic mass is 79.9. The Bertz CT molecular complexity index is 647. The number of aromatic hydroxyl groups is 1. The number of hydrogen-bond donors (Lipinski definition) is 2. The number of anilines is 1. The fraction of sp³-hybridized carbons (Fsp3) is 0.267. The van der Waals surface area contributed by atoms with Crippen LogP contribution in [0.2, 0.25) is 0 Å². The van der Waals surface area contributed by atoms with Crippen LogP contribution in [0.4, 0.5) is 5.69 Å². The lowest BCUT2D eigenvalue weighted by Gasteiger charge is -2.14. The van der Waals surface area contributed by atoms with E-state index >= 15 is 0 Å². The number of halogens is 1. The summed E-state index contributed by atoms with van der Waals surface area (Å²) in [6, 6.07) is 7.04. The van der Waals surface area contributed by atoms with E-state index in [-0.39, 0.29) is 17.7 Å². The lowest BCUT2D eigenvalue weighted by atomic mass is 10.2. The summed E-state index contributed by atoms with van der Waals surface area (Å²) in [6.07, 6.45) is 1.88. The van der Waals surface area contributed by atoms with E-state index in [1.54, 1.807) is 31.2 Å². The average molecular weight is 337 g/mol. The van der Waals surface area contributed by atoms with Crippen molar-refractivity contribution in [3.8, 4) is 5.75 Å². The number of nitrogens with zero attached hydrogens (tertiary/aromatic N) is 1. The number of benzene rings is 1. The Morgan fingerprint density at radius 1 is 1.40 bits per heavy atom. The van der Waals surface area contributed by atoms with Crippen molar-refractivity contribution in [2.75, 3.05) is 5.32 Å². The van der Waals surface area contributed by atoms with Crippen molar-refractivity contribution in [3.05, 3.63) is 46.2 Å². The zero-order valence-electron chi connectivity index (χ0n) is 11.6. The summed E-state index contributed by atoms with van der Waals surface area (Å²) in [6.45, 7) is 5.80. The molecule has 0 aliphatic heterocycles. The van der Waals surface area contributed by atoms with Crippen molar-refractivity contribution in [2.24, 2.45) is 0 Å². The number of nitrogens with one attached hydrogen (secondary N) is 1. The van der Waals surface area contributed by atoms with Crippen molar-refractivity contribution in [3.63, 3.8) is 0 Å². The van der Waals surface area contributed by atoms with E-state index in [0.717, 1.165) is 4.47 Å². The first-order valence-corrected chi connectivity index (χ1v) is 7.16. The van der Waals surface area contributed by atoms with Crippen LogP contribution >= 0.6 is 15.9 Å². The monoisotopic (exact) mass is 336 g/mol. The molecule has 2 rings (SSSR count). The largest absolute Gasteiger partial charge is 0.508 e. The van der Waals surface area contributed by atoms with Crippen LogP contribution in [0, 0.1) is 6.92 Å². The molecule has 0 atom stereocenters. The van der Waals surface area contributed by atoms with Gasteiger partial charge in [-0.25, -0.2) is 0 Å². The Balaban J connectivity index is 2.31. The van der Waals surface area contributed by atoms with Crippen LogP contribution in [0.1, 0.15) is 35.9 Å². The number of phenols is 1. The third kappa shape index (κ3) is 2.88. The highest BCUT2D eigenvalue weighted by Gasteiger charge is 2.16. The maximum atomic E-state index is 12.4. The number of carbonyl (C=O) groups is 1. The Morgan fingerprint density at radius 3 is 2.75 bits per heavy atom. The molecule has 1 amide bonds. The second-order valence-corrected chi connectivity index (χ2v) is 5.86. The van der Waals surface area contributed by atoms with Crippen LogP contribution in [0.15, 0.2) is 34.9 Å². The lowest BCUT2D eigenvalue weighted by Crippen LogP contribution is -2.18. The first-order valence-electron chi connectivity index (χ1n) is 6.37. The van der Waals surface area contributed by atoms with Crippen LogP contribution in [0.25, 0.3) is 0 Å². The molecule has 5 heteroatoms. The van der Waals surface area contributed by atoms with E-state index in [2.05, 4.69) is 21.2 Å². The van der Waals surface area contributed by atoms with Crippen LogP contribution < -0.4 is 5.32 Å².